The summed E-state index contributed by atoms with van der Waals surface area (Å²) < 4.78 is 32.2. The van der Waals surface area contributed by atoms with Gasteiger partial charge in [-0.05, 0) is 19.3 Å². The molecule has 0 spiro atoms. The van der Waals surface area contributed by atoms with Gasteiger partial charge >= 0.3 is 0 Å². The van der Waals surface area contributed by atoms with E-state index in [0.717, 1.165) is 38.5 Å². The largest absolute Gasteiger partial charge is 0.387 e. The predicted molar refractivity (Wildman–Crippen MR) is 167 cm³/mol. The zero-order valence-electron chi connectivity index (χ0n) is 25.8. The molecule has 8 heteroatoms. The van der Waals surface area contributed by atoms with Gasteiger partial charge in [-0.25, -0.2) is 0 Å². The van der Waals surface area contributed by atoms with E-state index in [4.69, 9.17) is 0 Å². The number of hydrogen-bond donors (Lipinski definition) is 4. The van der Waals surface area contributed by atoms with Gasteiger partial charge in [-0.3, -0.25) is 9.35 Å². The Hall–Kier alpha value is -0.960. The lowest BCUT2D eigenvalue weighted by Crippen LogP contribution is -2.50. The van der Waals surface area contributed by atoms with Crippen molar-refractivity contribution in [2.75, 3.05) is 5.75 Å². The van der Waals surface area contributed by atoms with E-state index in [1.54, 1.807) is 6.08 Å². The number of rotatable bonds is 29. The SMILES string of the molecule is CCCCCCCCCCCCCCC/C=C/C(O)C(CS(=O)(=O)O)NC(=O)C(O)CCCCCCCCCC. The molecule has 0 heterocycles. The highest BCUT2D eigenvalue weighted by Crippen LogP contribution is 2.14. The molecule has 0 aliphatic carbocycles. The van der Waals surface area contributed by atoms with Gasteiger partial charge in [0.2, 0.25) is 5.91 Å². The molecule has 4 N–H and O–H groups in total. The Balaban J connectivity index is 4.16. The van der Waals surface area contributed by atoms with E-state index in [0.29, 0.717) is 6.42 Å². The fraction of sp³-hybridized carbons (Fsp3) is 0.906. The molecule has 0 bridgehead atoms. The second-order valence-electron chi connectivity index (χ2n) is 11.6. The molecule has 3 unspecified atom stereocenters. The van der Waals surface area contributed by atoms with E-state index in [1.165, 1.54) is 102 Å². The van der Waals surface area contributed by atoms with E-state index < -0.39 is 40.0 Å². The summed E-state index contributed by atoms with van der Waals surface area (Å²) >= 11 is 0. The van der Waals surface area contributed by atoms with Gasteiger partial charge in [0.1, 0.15) is 6.10 Å². The third kappa shape index (κ3) is 26.0. The molecular weight excluding hydrogens is 526 g/mol. The molecule has 0 rings (SSSR count). The number of carbonyl (C=O) groups excluding carboxylic acids is 1. The van der Waals surface area contributed by atoms with Crippen LogP contribution in [0.5, 0.6) is 0 Å². The summed E-state index contributed by atoms with van der Waals surface area (Å²) in [5.74, 6) is -1.53. The highest BCUT2D eigenvalue weighted by molar-refractivity contribution is 7.85. The number of hydrogen-bond acceptors (Lipinski definition) is 5. The number of nitrogens with one attached hydrogen (secondary N) is 1. The first-order valence-electron chi connectivity index (χ1n) is 16.5. The minimum absolute atomic E-state index is 0.282. The fourth-order valence-corrected chi connectivity index (χ4v) is 5.72. The fourth-order valence-electron chi connectivity index (χ4n) is 4.98. The summed E-state index contributed by atoms with van der Waals surface area (Å²) in [4.78, 5) is 12.4. The van der Waals surface area contributed by atoms with Gasteiger partial charge in [0.25, 0.3) is 10.1 Å². The lowest BCUT2D eigenvalue weighted by Gasteiger charge is -2.22. The third-order valence-corrected chi connectivity index (χ3v) is 8.35. The maximum absolute atomic E-state index is 12.4. The molecule has 0 fully saturated rings. The van der Waals surface area contributed by atoms with Crippen molar-refractivity contribution in [3.63, 3.8) is 0 Å². The minimum Gasteiger partial charge on any atom is -0.387 e. The molecule has 40 heavy (non-hydrogen) atoms. The van der Waals surface area contributed by atoms with E-state index in [1.807, 2.05) is 0 Å². The van der Waals surface area contributed by atoms with Crippen molar-refractivity contribution in [2.45, 2.75) is 180 Å². The predicted octanol–water partition coefficient (Wildman–Crippen LogP) is 7.65. The van der Waals surface area contributed by atoms with Crippen LogP contribution >= 0.6 is 0 Å². The normalized spacial score (nSPS) is 14.4. The summed E-state index contributed by atoms with van der Waals surface area (Å²) in [6, 6.07) is -1.22. The number of amides is 1. The number of allylic oxidation sites excluding steroid dienone is 1. The van der Waals surface area contributed by atoms with Crippen LogP contribution in [-0.2, 0) is 14.9 Å². The van der Waals surface area contributed by atoms with Gasteiger partial charge in [0, 0.05) is 0 Å². The highest BCUT2D eigenvalue weighted by Gasteiger charge is 2.27. The highest BCUT2D eigenvalue weighted by atomic mass is 32.2. The van der Waals surface area contributed by atoms with Crippen LogP contribution in [-0.4, -0.2) is 53.1 Å². The summed E-state index contributed by atoms with van der Waals surface area (Å²) in [5.41, 5.74) is 0. The Morgan fingerprint density at radius 2 is 1.07 bits per heavy atom. The van der Waals surface area contributed by atoms with Crippen molar-refractivity contribution >= 4 is 16.0 Å². The van der Waals surface area contributed by atoms with Crippen molar-refractivity contribution in [2.24, 2.45) is 0 Å². The van der Waals surface area contributed by atoms with E-state index in [-0.39, 0.29) is 6.42 Å². The number of aliphatic hydroxyl groups excluding tert-OH is 2. The molecule has 238 valence electrons. The van der Waals surface area contributed by atoms with Gasteiger partial charge in [0.15, 0.2) is 0 Å². The molecule has 0 aliphatic heterocycles. The van der Waals surface area contributed by atoms with Crippen molar-refractivity contribution in [1.82, 2.24) is 5.32 Å². The zero-order valence-corrected chi connectivity index (χ0v) is 26.6. The first-order chi connectivity index (χ1) is 19.2. The zero-order chi connectivity index (χ0) is 29.9. The Morgan fingerprint density at radius 3 is 1.50 bits per heavy atom. The summed E-state index contributed by atoms with van der Waals surface area (Å²) in [5, 5.41) is 23.1. The molecule has 0 saturated carbocycles. The first kappa shape index (κ1) is 39.0. The smallest absolute Gasteiger partial charge is 0.267 e. The molecule has 0 radical (unpaired) electrons. The molecule has 0 aromatic rings. The standard InChI is InChI=1S/C32H63NO6S/c1-3-5-7-9-11-13-14-15-16-17-18-19-21-22-24-26-30(34)29(28-40(37,38)39)33-32(36)31(35)27-25-23-20-12-10-8-6-4-2/h24,26,29-31,34-35H,3-23,25,27-28H2,1-2H3,(H,33,36)(H,37,38,39)/b26-24+. The van der Waals surface area contributed by atoms with Gasteiger partial charge in [0.05, 0.1) is 17.9 Å². The summed E-state index contributed by atoms with van der Waals surface area (Å²) in [7, 11) is -4.42. The number of unbranched alkanes of at least 4 members (excludes halogenated alkanes) is 20. The Bertz CT molecular complexity index is 712. The number of aliphatic hydroxyl groups is 2. The Morgan fingerprint density at radius 1 is 0.675 bits per heavy atom. The average Bonchev–Trinajstić information content (AvgIpc) is 2.90. The molecule has 7 nitrogen and oxygen atoms in total. The lowest BCUT2D eigenvalue weighted by atomic mass is 10.0. The monoisotopic (exact) mass is 589 g/mol. The Labute approximate surface area is 246 Å². The molecule has 0 aromatic heterocycles. The summed E-state index contributed by atoms with van der Waals surface area (Å²) in [6.07, 6.45) is 27.1. The molecular formula is C32H63NO6S. The topological polar surface area (TPSA) is 124 Å². The third-order valence-electron chi connectivity index (χ3n) is 7.57. The maximum atomic E-state index is 12.4. The van der Waals surface area contributed by atoms with E-state index in [2.05, 4.69) is 19.2 Å². The van der Waals surface area contributed by atoms with Gasteiger partial charge in [-0.1, -0.05) is 154 Å². The van der Waals surface area contributed by atoms with Gasteiger partial charge in [-0.15, -0.1) is 0 Å². The van der Waals surface area contributed by atoms with Crippen LogP contribution in [0.2, 0.25) is 0 Å². The van der Waals surface area contributed by atoms with Crippen LogP contribution in [0.25, 0.3) is 0 Å². The molecule has 0 saturated heterocycles. The lowest BCUT2D eigenvalue weighted by molar-refractivity contribution is -0.130. The second kappa shape index (κ2) is 26.9. The van der Waals surface area contributed by atoms with Crippen molar-refractivity contribution in [3.05, 3.63) is 12.2 Å². The van der Waals surface area contributed by atoms with Crippen molar-refractivity contribution in [3.8, 4) is 0 Å². The van der Waals surface area contributed by atoms with E-state index >= 15 is 0 Å². The summed E-state index contributed by atoms with van der Waals surface area (Å²) in [6.45, 7) is 4.43. The van der Waals surface area contributed by atoms with Gasteiger partial charge in [-0.2, -0.15) is 8.42 Å². The van der Waals surface area contributed by atoms with Crippen LogP contribution in [0.15, 0.2) is 12.2 Å². The minimum atomic E-state index is -4.42. The van der Waals surface area contributed by atoms with Gasteiger partial charge < -0.3 is 15.5 Å². The van der Waals surface area contributed by atoms with Crippen molar-refractivity contribution < 1.29 is 28.0 Å². The first-order valence-corrected chi connectivity index (χ1v) is 18.1. The van der Waals surface area contributed by atoms with Crippen molar-refractivity contribution in [1.29, 1.82) is 0 Å². The molecule has 1 amide bonds. The van der Waals surface area contributed by atoms with Crippen LogP contribution in [0.3, 0.4) is 0 Å². The second-order valence-corrected chi connectivity index (χ2v) is 13.1. The van der Waals surface area contributed by atoms with Crippen LogP contribution < -0.4 is 5.32 Å². The average molecular weight is 590 g/mol. The Kier molecular flexibility index (Phi) is 26.3. The molecule has 0 aromatic carbocycles. The number of carbonyl (C=O) groups is 1. The van der Waals surface area contributed by atoms with Crippen LogP contribution in [0.4, 0.5) is 0 Å². The van der Waals surface area contributed by atoms with Crippen LogP contribution in [0.1, 0.15) is 162 Å². The quantitative estimate of drug-likeness (QED) is 0.0404. The maximum Gasteiger partial charge on any atom is 0.267 e. The molecule has 3 atom stereocenters. The molecule has 0 aliphatic rings. The van der Waals surface area contributed by atoms with E-state index in [9.17, 15) is 28.0 Å². The van der Waals surface area contributed by atoms with Crippen LogP contribution in [0, 0.1) is 0 Å².